The summed E-state index contributed by atoms with van der Waals surface area (Å²) < 4.78 is 15.7. The largest absolute Gasteiger partial charge is 0.469 e. The molecule has 1 fully saturated rings. The predicted octanol–water partition coefficient (Wildman–Crippen LogP) is -0.633. The maximum Gasteiger partial charge on any atom is 0.308 e. The number of hydrogen-bond acceptors (Lipinski definition) is 8. The van der Waals surface area contributed by atoms with Crippen LogP contribution in [0.1, 0.15) is 18.4 Å². The predicted molar refractivity (Wildman–Crippen MR) is 90.0 cm³/mol. The fraction of sp³-hybridized carbons (Fsp3) is 0.611. The normalized spacial score (nSPS) is 30.0. The van der Waals surface area contributed by atoms with E-state index in [0.717, 1.165) is 5.56 Å². The molecule has 1 aliphatic rings. The number of carbonyl (C=O) groups is 1. The number of benzene rings is 1. The van der Waals surface area contributed by atoms with Gasteiger partial charge in [-0.25, -0.2) is 0 Å². The van der Waals surface area contributed by atoms with E-state index in [9.17, 15) is 25.2 Å². The lowest BCUT2D eigenvalue weighted by Crippen LogP contribution is -2.59. The van der Waals surface area contributed by atoms with Crippen LogP contribution in [0.25, 0.3) is 0 Å². The zero-order valence-corrected chi connectivity index (χ0v) is 14.6. The van der Waals surface area contributed by atoms with Gasteiger partial charge < -0.3 is 34.6 Å². The molecule has 1 heterocycles. The molecule has 146 valence electrons. The molecule has 1 aliphatic heterocycles. The zero-order chi connectivity index (χ0) is 19.1. The quantitative estimate of drug-likeness (QED) is 0.446. The number of esters is 1. The van der Waals surface area contributed by atoms with Crippen LogP contribution in [0.4, 0.5) is 0 Å². The second kappa shape index (κ2) is 9.96. The number of aryl methyl sites for hydroxylation is 1. The highest BCUT2D eigenvalue weighted by atomic mass is 16.7. The van der Waals surface area contributed by atoms with Gasteiger partial charge in [0.25, 0.3) is 0 Å². The van der Waals surface area contributed by atoms with Gasteiger partial charge in [-0.1, -0.05) is 30.3 Å². The molecule has 0 aliphatic carbocycles. The molecule has 0 aromatic heterocycles. The van der Waals surface area contributed by atoms with Crippen LogP contribution in [-0.4, -0.2) is 76.9 Å². The van der Waals surface area contributed by atoms with Crippen molar-refractivity contribution >= 4 is 5.97 Å². The van der Waals surface area contributed by atoms with Crippen molar-refractivity contribution in [1.82, 2.24) is 0 Å². The molecule has 0 spiro atoms. The van der Waals surface area contributed by atoms with E-state index < -0.39 is 49.4 Å². The molecule has 0 saturated carbocycles. The first-order chi connectivity index (χ1) is 12.5. The maximum absolute atomic E-state index is 11.7. The summed E-state index contributed by atoms with van der Waals surface area (Å²) in [4.78, 5) is 11.7. The van der Waals surface area contributed by atoms with Gasteiger partial charge in [0.2, 0.25) is 0 Å². The average Bonchev–Trinajstić information content (AvgIpc) is 2.67. The Bertz CT molecular complexity index is 549. The Balaban J connectivity index is 2.03. The van der Waals surface area contributed by atoms with Crippen LogP contribution in [0.2, 0.25) is 0 Å². The van der Waals surface area contributed by atoms with Crippen LogP contribution in [0.5, 0.6) is 0 Å². The van der Waals surface area contributed by atoms with Gasteiger partial charge in [-0.15, -0.1) is 0 Å². The van der Waals surface area contributed by atoms with E-state index in [2.05, 4.69) is 4.74 Å². The Hall–Kier alpha value is -1.55. The molecule has 0 bridgehead atoms. The minimum atomic E-state index is -1.53. The SMILES string of the molecule is COC(=O)C[C@@H](CCc1ccccc1)O[C@@H]1O[C@H](CO)[C@@H](O)[C@H](O)[C@H]1O. The summed E-state index contributed by atoms with van der Waals surface area (Å²) in [6.07, 6.45) is -6.46. The minimum Gasteiger partial charge on any atom is -0.469 e. The fourth-order valence-electron chi connectivity index (χ4n) is 2.83. The van der Waals surface area contributed by atoms with Crippen LogP contribution >= 0.6 is 0 Å². The number of carbonyl (C=O) groups excluding carboxylic acids is 1. The van der Waals surface area contributed by atoms with Gasteiger partial charge in [0.05, 0.1) is 26.2 Å². The first-order valence-electron chi connectivity index (χ1n) is 8.53. The molecule has 0 unspecified atom stereocenters. The summed E-state index contributed by atoms with van der Waals surface area (Å²) >= 11 is 0. The molecule has 1 aromatic carbocycles. The monoisotopic (exact) mass is 370 g/mol. The lowest BCUT2D eigenvalue weighted by Gasteiger charge is -2.40. The van der Waals surface area contributed by atoms with Crippen LogP contribution in [0, 0.1) is 0 Å². The molecule has 0 amide bonds. The summed E-state index contributed by atoms with van der Waals surface area (Å²) in [5.41, 5.74) is 1.06. The first kappa shape index (κ1) is 20.8. The van der Waals surface area contributed by atoms with Crippen LogP contribution in [0.15, 0.2) is 30.3 Å². The van der Waals surface area contributed by atoms with Crippen molar-refractivity contribution in [3.05, 3.63) is 35.9 Å². The van der Waals surface area contributed by atoms with E-state index >= 15 is 0 Å². The van der Waals surface area contributed by atoms with E-state index in [1.165, 1.54) is 7.11 Å². The molecular formula is C18H26O8. The second-order valence-electron chi connectivity index (χ2n) is 6.26. The van der Waals surface area contributed by atoms with E-state index in [-0.39, 0.29) is 6.42 Å². The topological polar surface area (TPSA) is 126 Å². The summed E-state index contributed by atoms with van der Waals surface area (Å²) in [6.45, 7) is -0.545. The summed E-state index contributed by atoms with van der Waals surface area (Å²) in [7, 11) is 1.27. The Kier molecular flexibility index (Phi) is 7.95. The molecule has 0 radical (unpaired) electrons. The Morgan fingerprint density at radius 1 is 1.15 bits per heavy atom. The van der Waals surface area contributed by atoms with E-state index in [4.69, 9.17) is 9.47 Å². The van der Waals surface area contributed by atoms with Crippen molar-refractivity contribution in [2.24, 2.45) is 0 Å². The highest BCUT2D eigenvalue weighted by Crippen LogP contribution is 2.24. The minimum absolute atomic E-state index is 0.0572. The smallest absolute Gasteiger partial charge is 0.308 e. The average molecular weight is 370 g/mol. The molecule has 8 heteroatoms. The standard InChI is InChI=1S/C18H26O8/c1-24-14(20)9-12(8-7-11-5-3-2-4-6-11)25-18-17(23)16(22)15(21)13(10-19)26-18/h2-6,12-13,15-19,21-23H,7-10H2,1H3/t12-,13-,15-,16+,17-,18-/m1/s1. The van der Waals surface area contributed by atoms with Crippen LogP contribution < -0.4 is 0 Å². The zero-order valence-electron chi connectivity index (χ0n) is 14.6. The molecule has 4 N–H and O–H groups in total. The van der Waals surface area contributed by atoms with Crippen molar-refractivity contribution < 1.29 is 39.4 Å². The van der Waals surface area contributed by atoms with Crippen LogP contribution in [0.3, 0.4) is 0 Å². The lowest BCUT2D eigenvalue weighted by atomic mass is 9.99. The van der Waals surface area contributed by atoms with Crippen molar-refractivity contribution in [3.63, 3.8) is 0 Å². The van der Waals surface area contributed by atoms with Gasteiger partial charge in [-0.3, -0.25) is 4.79 Å². The highest BCUT2D eigenvalue weighted by molar-refractivity contribution is 5.69. The van der Waals surface area contributed by atoms with Crippen LogP contribution in [-0.2, 0) is 25.4 Å². The van der Waals surface area contributed by atoms with Crippen molar-refractivity contribution in [1.29, 1.82) is 0 Å². The maximum atomic E-state index is 11.7. The summed E-state index contributed by atoms with van der Waals surface area (Å²) in [5, 5.41) is 39.0. The second-order valence-corrected chi connectivity index (χ2v) is 6.26. The number of aliphatic hydroxyl groups is 4. The third-order valence-electron chi connectivity index (χ3n) is 4.39. The van der Waals surface area contributed by atoms with Gasteiger partial charge in [0, 0.05) is 0 Å². The molecule has 8 nitrogen and oxygen atoms in total. The number of aliphatic hydroxyl groups excluding tert-OH is 4. The lowest BCUT2D eigenvalue weighted by molar-refractivity contribution is -0.311. The third kappa shape index (κ3) is 5.47. The van der Waals surface area contributed by atoms with Gasteiger partial charge in [-0.2, -0.15) is 0 Å². The van der Waals surface area contributed by atoms with Gasteiger partial charge in [0.15, 0.2) is 6.29 Å². The first-order valence-corrected chi connectivity index (χ1v) is 8.53. The highest BCUT2D eigenvalue weighted by Gasteiger charge is 2.44. The molecule has 2 rings (SSSR count). The molecule has 1 aromatic rings. The van der Waals surface area contributed by atoms with Gasteiger partial charge in [-0.05, 0) is 18.4 Å². The Morgan fingerprint density at radius 3 is 2.46 bits per heavy atom. The number of hydrogen-bond donors (Lipinski definition) is 4. The molecule has 26 heavy (non-hydrogen) atoms. The number of methoxy groups -OCH3 is 1. The van der Waals surface area contributed by atoms with Gasteiger partial charge >= 0.3 is 5.97 Å². The fourth-order valence-corrected chi connectivity index (χ4v) is 2.83. The van der Waals surface area contributed by atoms with E-state index in [0.29, 0.717) is 12.8 Å². The number of rotatable bonds is 8. The van der Waals surface area contributed by atoms with Crippen molar-refractivity contribution in [3.8, 4) is 0 Å². The Morgan fingerprint density at radius 2 is 1.85 bits per heavy atom. The molecular weight excluding hydrogens is 344 g/mol. The van der Waals surface area contributed by atoms with E-state index in [1.54, 1.807) is 0 Å². The summed E-state index contributed by atoms with van der Waals surface area (Å²) in [6, 6.07) is 9.61. The van der Waals surface area contributed by atoms with Crippen molar-refractivity contribution in [2.45, 2.75) is 56.1 Å². The van der Waals surface area contributed by atoms with Crippen molar-refractivity contribution in [2.75, 3.05) is 13.7 Å². The molecule has 1 saturated heterocycles. The Labute approximate surface area is 151 Å². The summed E-state index contributed by atoms with van der Waals surface area (Å²) in [5.74, 6) is -0.479. The van der Waals surface area contributed by atoms with E-state index in [1.807, 2.05) is 30.3 Å². The third-order valence-corrected chi connectivity index (χ3v) is 4.39. The number of ether oxygens (including phenoxy) is 3. The van der Waals surface area contributed by atoms with Gasteiger partial charge in [0.1, 0.15) is 24.4 Å². The molecule has 6 atom stereocenters.